The van der Waals surface area contributed by atoms with Crippen LogP contribution in [0.1, 0.15) is 30.5 Å². The molecule has 0 aromatic heterocycles. The number of aryl methyl sites for hydroxylation is 1. The average molecular weight is 534 g/mol. The number of rotatable bonds is 8. The van der Waals surface area contributed by atoms with Crippen LogP contribution in [-0.2, 0) is 20.9 Å². The zero-order valence-electron chi connectivity index (χ0n) is 18.7. The van der Waals surface area contributed by atoms with E-state index in [0.29, 0.717) is 34.7 Å². The molecule has 2 aromatic rings. The summed E-state index contributed by atoms with van der Waals surface area (Å²) >= 11 is 4.29. The van der Waals surface area contributed by atoms with Gasteiger partial charge >= 0.3 is 5.97 Å². The summed E-state index contributed by atoms with van der Waals surface area (Å²) in [6.07, 6.45) is 1.59. The highest BCUT2D eigenvalue weighted by molar-refractivity contribution is 9.10. The minimum absolute atomic E-state index is 0.201. The Kier molecular flexibility index (Phi) is 8.20. The second kappa shape index (κ2) is 10.9. The molecule has 9 heteroatoms. The zero-order chi connectivity index (χ0) is 24.1. The van der Waals surface area contributed by atoms with Gasteiger partial charge in [-0.25, -0.2) is 4.79 Å². The number of ether oxygens (including phenoxy) is 3. The minimum Gasteiger partial charge on any atom is -0.490 e. The fourth-order valence-electron chi connectivity index (χ4n) is 3.24. The summed E-state index contributed by atoms with van der Waals surface area (Å²) in [4.78, 5) is 38.1. The summed E-state index contributed by atoms with van der Waals surface area (Å²) in [5, 5.41) is -0.525. The lowest BCUT2D eigenvalue weighted by Gasteiger charge is -2.18. The van der Waals surface area contributed by atoms with E-state index in [1.54, 1.807) is 18.2 Å². The molecule has 2 aromatic carbocycles. The van der Waals surface area contributed by atoms with Gasteiger partial charge in [-0.1, -0.05) is 45.8 Å². The smallest absolute Gasteiger partial charge is 0.328 e. The van der Waals surface area contributed by atoms with E-state index in [0.717, 1.165) is 27.8 Å². The SMILES string of the molecule is CCOc1cc(/C=C2/SC(=O)N([C@H](C)C(=O)OC)C2=O)c(Br)cc1OCc1cccc(C)c1. The largest absolute Gasteiger partial charge is 0.490 e. The number of nitrogens with zero attached hydrogens (tertiary/aromatic N) is 1. The third kappa shape index (κ3) is 5.78. The molecule has 0 bridgehead atoms. The summed E-state index contributed by atoms with van der Waals surface area (Å²) < 4.78 is 17.1. The zero-order valence-corrected chi connectivity index (χ0v) is 21.1. The van der Waals surface area contributed by atoms with Crippen molar-refractivity contribution in [3.8, 4) is 11.5 Å². The number of amides is 2. The van der Waals surface area contributed by atoms with Gasteiger partial charge in [-0.15, -0.1) is 0 Å². The molecule has 1 atom stereocenters. The minimum atomic E-state index is -1.01. The molecule has 3 rings (SSSR count). The molecule has 1 fully saturated rings. The third-order valence-corrected chi connectivity index (χ3v) is 6.45. The number of hydrogen-bond donors (Lipinski definition) is 0. The van der Waals surface area contributed by atoms with E-state index in [-0.39, 0.29) is 4.91 Å². The van der Waals surface area contributed by atoms with Crippen molar-refractivity contribution >= 4 is 50.9 Å². The Labute approximate surface area is 205 Å². The fraction of sp³-hybridized carbons (Fsp3) is 0.292. The molecule has 0 N–H and O–H groups in total. The van der Waals surface area contributed by atoms with Crippen molar-refractivity contribution in [3.05, 3.63) is 62.5 Å². The van der Waals surface area contributed by atoms with E-state index in [9.17, 15) is 14.4 Å². The van der Waals surface area contributed by atoms with Gasteiger partial charge in [0.25, 0.3) is 11.1 Å². The Hall–Kier alpha value is -2.78. The molecule has 33 heavy (non-hydrogen) atoms. The highest BCUT2D eigenvalue weighted by Crippen LogP contribution is 2.39. The van der Waals surface area contributed by atoms with Crippen LogP contribution in [0.2, 0.25) is 0 Å². The molecule has 7 nitrogen and oxygen atoms in total. The molecule has 0 saturated carbocycles. The number of esters is 1. The summed E-state index contributed by atoms with van der Waals surface area (Å²) in [5.74, 6) is -0.141. The van der Waals surface area contributed by atoms with E-state index >= 15 is 0 Å². The Balaban J connectivity index is 1.87. The summed E-state index contributed by atoms with van der Waals surface area (Å²) in [6.45, 7) is 6.14. The molecule has 0 spiro atoms. The quantitative estimate of drug-likeness (QED) is 0.334. The van der Waals surface area contributed by atoms with Crippen molar-refractivity contribution in [3.63, 3.8) is 0 Å². The highest BCUT2D eigenvalue weighted by Gasteiger charge is 2.41. The van der Waals surface area contributed by atoms with E-state index < -0.39 is 23.2 Å². The molecule has 1 aliphatic rings. The molecule has 0 radical (unpaired) electrons. The van der Waals surface area contributed by atoms with E-state index in [1.165, 1.54) is 14.0 Å². The maximum atomic E-state index is 12.8. The molecule has 1 saturated heterocycles. The summed E-state index contributed by atoms with van der Waals surface area (Å²) in [5.41, 5.74) is 2.82. The number of carbonyl (C=O) groups excluding carboxylic acids is 3. The van der Waals surface area contributed by atoms with Crippen LogP contribution in [0.15, 0.2) is 45.8 Å². The first-order valence-corrected chi connectivity index (χ1v) is 11.9. The Bertz CT molecular complexity index is 1120. The third-order valence-electron chi connectivity index (χ3n) is 4.88. The Morgan fingerprint density at radius 1 is 1.18 bits per heavy atom. The monoisotopic (exact) mass is 533 g/mol. The average Bonchev–Trinajstić information content (AvgIpc) is 3.06. The van der Waals surface area contributed by atoms with Gasteiger partial charge in [-0.05, 0) is 61.9 Å². The van der Waals surface area contributed by atoms with Gasteiger partial charge in [0.2, 0.25) is 0 Å². The van der Waals surface area contributed by atoms with Crippen LogP contribution in [-0.4, -0.2) is 41.8 Å². The van der Waals surface area contributed by atoms with Crippen LogP contribution < -0.4 is 9.47 Å². The van der Waals surface area contributed by atoms with Crippen LogP contribution >= 0.6 is 27.7 Å². The van der Waals surface area contributed by atoms with Crippen LogP contribution in [0, 0.1) is 6.92 Å². The first-order valence-electron chi connectivity index (χ1n) is 10.2. The van der Waals surface area contributed by atoms with Gasteiger partial charge in [-0.2, -0.15) is 0 Å². The van der Waals surface area contributed by atoms with Gasteiger partial charge in [0.05, 0.1) is 18.6 Å². The molecular formula is C24H24BrNO6S. The van der Waals surface area contributed by atoms with Crippen molar-refractivity contribution in [2.45, 2.75) is 33.4 Å². The van der Waals surface area contributed by atoms with Gasteiger partial charge < -0.3 is 14.2 Å². The number of methoxy groups -OCH3 is 1. The van der Waals surface area contributed by atoms with Gasteiger partial charge in [-0.3, -0.25) is 14.5 Å². The maximum Gasteiger partial charge on any atom is 0.328 e. The first-order chi connectivity index (χ1) is 15.7. The molecule has 1 heterocycles. The highest BCUT2D eigenvalue weighted by atomic mass is 79.9. The van der Waals surface area contributed by atoms with Crippen molar-refractivity contribution < 1.29 is 28.6 Å². The summed E-state index contributed by atoms with van der Waals surface area (Å²) in [7, 11) is 1.21. The van der Waals surface area contributed by atoms with Crippen molar-refractivity contribution in [1.82, 2.24) is 4.90 Å². The van der Waals surface area contributed by atoms with E-state index in [1.807, 2.05) is 32.0 Å². The second-order valence-electron chi connectivity index (χ2n) is 7.28. The second-order valence-corrected chi connectivity index (χ2v) is 9.13. The number of benzene rings is 2. The number of thioether (sulfide) groups is 1. The lowest BCUT2D eigenvalue weighted by atomic mass is 10.1. The molecule has 2 amide bonds. The molecule has 0 unspecified atom stereocenters. The lowest BCUT2D eigenvalue weighted by Crippen LogP contribution is -2.42. The van der Waals surface area contributed by atoms with E-state index in [4.69, 9.17) is 9.47 Å². The number of hydrogen-bond acceptors (Lipinski definition) is 7. The van der Waals surface area contributed by atoms with Crippen LogP contribution in [0.4, 0.5) is 4.79 Å². The van der Waals surface area contributed by atoms with Gasteiger partial charge in [0.1, 0.15) is 12.6 Å². The number of carbonyl (C=O) groups is 3. The van der Waals surface area contributed by atoms with Crippen LogP contribution in [0.25, 0.3) is 6.08 Å². The first kappa shape index (κ1) is 24.9. The summed E-state index contributed by atoms with van der Waals surface area (Å²) in [6, 6.07) is 10.6. The molecular weight excluding hydrogens is 510 g/mol. The Morgan fingerprint density at radius 2 is 1.91 bits per heavy atom. The number of imide groups is 1. The predicted octanol–water partition coefficient (Wildman–Crippen LogP) is 5.33. The van der Waals surface area contributed by atoms with Gasteiger partial charge in [0.15, 0.2) is 11.5 Å². The maximum absolute atomic E-state index is 12.8. The van der Waals surface area contributed by atoms with Crippen molar-refractivity contribution in [2.24, 2.45) is 0 Å². The standard InChI is InChI=1S/C24H24BrNO6S/c1-5-31-19-10-17(11-21-22(27)26(24(29)33-21)15(3)23(28)30-4)18(25)12-20(19)32-13-16-8-6-7-14(2)9-16/h6-12,15H,5,13H2,1-4H3/b21-11+/t15-/m1/s1. The Morgan fingerprint density at radius 3 is 2.58 bits per heavy atom. The normalized spacial score (nSPS) is 15.7. The topological polar surface area (TPSA) is 82.1 Å². The number of halogens is 1. The lowest BCUT2D eigenvalue weighted by molar-refractivity contribution is -0.148. The van der Waals surface area contributed by atoms with Crippen molar-refractivity contribution in [2.75, 3.05) is 13.7 Å². The fourth-order valence-corrected chi connectivity index (χ4v) is 4.57. The van der Waals surface area contributed by atoms with E-state index in [2.05, 4.69) is 26.7 Å². The van der Waals surface area contributed by atoms with Crippen LogP contribution in [0.5, 0.6) is 11.5 Å². The van der Waals surface area contributed by atoms with Crippen LogP contribution in [0.3, 0.4) is 0 Å². The molecule has 174 valence electrons. The molecule has 1 aliphatic heterocycles. The van der Waals surface area contributed by atoms with Gasteiger partial charge in [0, 0.05) is 4.47 Å². The predicted molar refractivity (Wildman–Crippen MR) is 130 cm³/mol. The van der Waals surface area contributed by atoms with Crippen molar-refractivity contribution in [1.29, 1.82) is 0 Å². The molecule has 0 aliphatic carbocycles.